The number of anilines is 2. The van der Waals surface area contributed by atoms with Gasteiger partial charge in [0, 0.05) is 4.47 Å². The van der Waals surface area contributed by atoms with Gasteiger partial charge >= 0.3 is 6.18 Å². The zero-order valence-electron chi connectivity index (χ0n) is 13.2. The van der Waals surface area contributed by atoms with Crippen molar-refractivity contribution < 1.29 is 22.7 Å². The summed E-state index contributed by atoms with van der Waals surface area (Å²) in [6, 6.07) is 13.1. The SMILES string of the molecule is CC(Oc1ccc(Br)cc1)C(=O)Nc1ccccc1NCC(F)(F)F. The summed E-state index contributed by atoms with van der Waals surface area (Å²) in [5.74, 6) is 0.0403. The van der Waals surface area contributed by atoms with Gasteiger partial charge in [-0.1, -0.05) is 28.1 Å². The summed E-state index contributed by atoms with van der Waals surface area (Å²) < 4.78 is 43.5. The molecule has 2 N–H and O–H groups in total. The second-order valence-electron chi connectivity index (χ2n) is 5.22. The molecule has 1 atom stereocenters. The summed E-state index contributed by atoms with van der Waals surface area (Å²) >= 11 is 3.30. The largest absolute Gasteiger partial charge is 0.481 e. The molecule has 1 amide bonds. The molecule has 2 aromatic rings. The van der Waals surface area contributed by atoms with Crippen molar-refractivity contribution in [1.82, 2.24) is 0 Å². The quantitative estimate of drug-likeness (QED) is 0.708. The number of alkyl halides is 3. The molecule has 0 fully saturated rings. The molecule has 2 aromatic carbocycles. The average Bonchev–Trinajstić information content (AvgIpc) is 2.55. The Kier molecular flexibility index (Phi) is 6.30. The first kappa shape index (κ1) is 19.1. The lowest BCUT2D eigenvalue weighted by Crippen LogP contribution is -2.30. The molecule has 0 aliphatic rings. The van der Waals surface area contributed by atoms with Crippen LogP contribution in [0.25, 0.3) is 0 Å². The fraction of sp³-hybridized carbons (Fsp3) is 0.235. The van der Waals surface area contributed by atoms with Gasteiger partial charge in [0.1, 0.15) is 12.3 Å². The summed E-state index contributed by atoms with van der Waals surface area (Å²) in [4.78, 5) is 12.2. The van der Waals surface area contributed by atoms with E-state index in [1.165, 1.54) is 12.1 Å². The molecule has 0 spiro atoms. The Labute approximate surface area is 151 Å². The lowest BCUT2D eigenvalue weighted by molar-refractivity contribution is -0.122. The highest BCUT2D eigenvalue weighted by atomic mass is 79.9. The maximum absolute atomic E-state index is 12.4. The highest BCUT2D eigenvalue weighted by Gasteiger charge is 2.27. The maximum atomic E-state index is 12.4. The first-order valence-corrected chi connectivity index (χ1v) is 8.16. The Morgan fingerprint density at radius 3 is 2.32 bits per heavy atom. The van der Waals surface area contributed by atoms with Crippen LogP contribution in [-0.2, 0) is 4.79 Å². The van der Waals surface area contributed by atoms with Crippen molar-refractivity contribution in [2.75, 3.05) is 17.2 Å². The first-order chi connectivity index (χ1) is 11.7. The van der Waals surface area contributed by atoms with E-state index in [1.54, 1.807) is 43.3 Å². The third-order valence-electron chi connectivity index (χ3n) is 3.16. The molecule has 0 aliphatic carbocycles. The van der Waals surface area contributed by atoms with Crippen molar-refractivity contribution >= 4 is 33.2 Å². The van der Waals surface area contributed by atoms with E-state index in [0.717, 1.165) is 4.47 Å². The van der Waals surface area contributed by atoms with Crippen LogP contribution in [0.3, 0.4) is 0 Å². The molecule has 134 valence electrons. The second kappa shape index (κ2) is 8.24. The molecule has 0 aromatic heterocycles. The van der Waals surface area contributed by atoms with Crippen molar-refractivity contribution in [3.05, 3.63) is 53.0 Å². The Morgan fingerprint density at radius 2 is 1.72 bits per heavy atom. The molecule has 8 heteroatoms. The number of benzene rings is 2. The van der Waals surface area contributed by atoms with E-state index < -0.39 is 24.7 Å². The summed E-state index contributed by atoms with van der Waals surface area (Å²) in [5, 5.41) is 4.84. The first-order valence-electron chi connectivity index (χ1n) is 7.37. The van der Waals surface area contributed by atoms with E-state index in [1.807, 2.05) is 0 Å². The smallest absolute Gasteiger partial charge is 0.405 e. The van der Waals surface area contributed by atoms with E-state index in [9.17, 15) is 18.0 Å². The zero-order valence-corrected chi connectivity index (χ0v) is 14.8. The Hall–Kier alpha value is -2.22. The number of rotatable bonds is 6. The number of para-hydroxylation sites is 2. The highest BCUT2D eigenvalue weighted by Crippen LogP contribution is 2.24. The van der Waals surface area contributed by atoms with Crippen molar-refractivity contribution in [3.8, 4) is 5.75 Å². The van der Waals surface area contributed by atoms with Crippen LogP contribution in [0.5, 0.6) is 5.75 Å². The van der Waals surface area contributed by atoms with Gasteiger partial charge in [-0.25, -0.2) is 0 Å². The molecule has 25 heavy (non-hydrogen) atoms. The van der Waals surface area contributed by atoms with Gasteiger partial charge in [-0.3, -0.25) is 4.79 Å². The zero-order chi connectivity index (χ0) is 18.4. The molecule has 0 saturated carbocycles. The Balaban J connectivity index is 2.00. The van der Waals surface area contributed by atoms with E-state index in [4.69, 9.17) is 4.74 Å². The Bertz CT molecular complexity index is 721. The fourth-order valence-corrected chi connectivity index (χ4v) is 2.21. The lowest BCUT2D eigenvalue weighted by atomic mass is 10.2. The molecular formula is C17H16BrF3N2O2. The highest BCUT2D eigenvalue weighted by molar-refractivity contribution is 9.10. The molecular weight excluding hydrogens is 401 g/mol. The molecule has 2 rings (SSSR count). The topological polar surface area (TPSA) is 50.4 Å². The van der Waals surface area contributed by atoms with Crippen LogP contribution < -0.4 is 15.4 Å². The van der Waals surface area contributed by atoms with E-state index in [-0.39, 0.29) is 11.4 Å². The number of carbonyl (C=O) groups is 1. The van der Waals surface area contributed by atoms with Crippen molar-refractivity contribution in [1.29, 1.82) is 0 Å². The molecule has 4 nitrogen and oxygen atoms in total. The van der Waals surface area contributed by atoms with Crippen LogP contribution in [0.2, 0.25) is 0 Å². The molecule has 0 heterocycles. The number of nitrogens with one attached hydrogen (secondary N) is 2. The van der Waals surface area contributed by atoms with Gasteiger partial charge < -0.3 is 15.4 Å². The van der Waals surface area contributed by atoms with E-state index >= 15 is 0 Å². The number of hydrogen-bond donors (Lipinski definition) is 2. The van der Waals surface area contributed by atoms with Crippen LogP contribution in [0, 0.1) is 0 Å². The minimum Gasteiger partial charge on any atom is -0.481 e. The van der Waals surface area contributed by atoms with E-state index in [0.29, 0.717) is 5.75 Å². The molecule has 1 unspecified atom stereocenters. The van der Waals surface area contributed by atoms with Gasteiger partial charge in [-0.15, -0.1) is 0 Å². The molecule has 0 bridgehead atoms. The third-order valence-corrected chi connectivity index (χ3v) is 3.69. The number of hydrogen-bond acceptors (Lipinski definition) is 3. The van der Waals surface area contributed by atoms with Gasteiger partial charge in [0.05, 0.1) is 11.4 Å². The molecule has 0 saturated heterocycles. The van der Waals surface area contributed by atoms with Gasteiger partial charge in [0.2, 0.25) is 0 Å². The minimum absolute atomic E-state index is 0.184. The summed E-state index contributed by atoms with van der Waals surface area (Å²) in [7, 11) is 0. The van der Waals surface area contributed by atoms with Crippen molar-refractivity contribution in [2.45, 2.75) is 19.2 Å². The van der Waals surface area contributed by atoms with Crippen molar-refractivity contribution in [2.24, 2.45) is 0 Å². The minimum atomic E-state index is -4.35. The van der Waals surface area contributed by atoms with Crippen LogP contribution in [0.15, 0.2) is 53.0 Å². The number of halogens is 4. The fourth-order valence-electron chi connectivity index (χ4n) is 1.95. The summed E-state index contributed by atoms with van der Waals surface area (Å²) in [6.07, 6.45) is -5.17. The number of carbonyl (C=O) groups excluding carboxylic acids is 1. The third kappa shape index (κ3) is 6.30. The molecule has 0 radical (unpaired) electrons. The van der Waals surface area contributed by atoms with Gasteiger partial charge in [-0.2, -0.15) is 13.2 Å². The standard InChI is InChI=1S/C17H16BrF3N2O2/c1-11(25-13-8-6-12(18)7-9-13)16(24)23-15-5-3-2-4-14(15)22-10-17(19,20)21/h2-9,11,22H,10H2,1H3,(H,23,24). The van der Waals surface area contributed by atoms with Crippen molar-refractivity contribution in [3.63, 3.8) is 0 Å². The van der Waals surface area contributed by atoms with Crippen LogP contribution in [-0.4, -0.2) is 24.7 Å². The van der Waals surface area contributed by atoms with Crippen LogP contribution >= 0.6 is 15.9 Å². The Morgan fingerprint density at radius 1 is 1.12 bits per heavy atom. The van der Waals surface area contributed by atoms with Crippen LogP contribution in [0.4, 0.5) is 24.5 Å². The van der Waals surface area contributed by atoms with Gasteiger partial charge in [0.25, 0.3) is 5.91 Å². The summed E-state index contributed by atoms with van der Waals surface area (Å²) in [5.41, 5.74) is 0.437. The second-order valence-corrected chi connectivity index (χ2v) is 6.13. The predicted molar refractivity (Wildman–Crippen MR) is 93.8 cm³/mol. The number of amides is 1. The average molecular weight is 417 g/mol. The van der Waals surface area contributed by atoms with Crippen LogP contribution in [0.1, 0.15) is 6.92 Å². The van der Waals surface area contributed by atoms with E-state index in [2.05, 4.69) is 26.6 Å². The van der Waals surface area contributed by atoms with Gasteiger partial charge in [0.15, 0.2) is 6.10 Å². The monoisotopic (exact) mass is 416 g/mol. The van der Waals surface area contributed by atoms with Gasteiger partial charge in [-0.05, 0) is 43.3 Å². The maximum Gasteiger partial charge on any atom is 0.405 e. The molecule has 0 aliphatic heterocycles. The number of ether oxygens (including phenoxy) is 1. The predicted octanol–water partition coefficient (Wildman–Crippen LogP) is 4.83. The lowest BCUT2D eigenvalue weighted by Gasteiger charge is -2.17. The summed E-state index contributed by atoms with van der Waals surface area (Å²) in [6.45, 7) is 0.369. The normalized spacial score (nSPS) is 12.4.